The second kappa shape index (κ2) is 6.11. The molecule has 0 fully saturated rings. The number of hydrogen-bond acceptors (Lipinski definition) is 5. The quantitative estimate of drug-likeness (QED) is 0.471. The van der Waals surface area contributed by atoms with Crippen molar-refractivity contribution in [1.82, 2.24) is 15.2 Å². The van der Waals surface area contributed by atoms with Crippen molar-refractivity contribution in [3.05, 3.63) is 40.6 Å². The molecular weight excluding hydrogens is 362 g/mol. The highest BCUT2D eigenvalue weighted by molar-refractivity contribution is 7.51. The number of nitrogens with zero attached hydrogens (tertiary/aromatic N) is 2. The molecule has 1 atom stereocenters. The van der Waals surface area contributed by atoms with E-state index in [1.165, 1.54) is 0 Å². The van der Waals surface area contributed by atoms with E-state index in [-0.39, 0.29) is 10.8 Å². The van der Waals surface area contributed by atoms with Crippen LogP contribution in [0, 0.1) is 0 Å². The summed E-state index contributed by atoms with van der Waals surface area (Å²) in [4.78, 5) is 13.5. The molecule has 3 aromatic rings. The van der Waals surface area contributed by atoms with Crippen LogP contribution in [-0.4, -0.2) is 26.7 Å². The Balaban J connectivity index is 2.19. The molecule has 3 rings (SSSR count). The third-order valence-corrected chi connectivity index (χ3v) is 4.23. The van der Waals surface area contributed by atoms with Crippen molar-refractivity contribution in [2.24, 2.45) is 0 Å². The Hall–Kier alpha value is -1.63. The summed E-state index contributed by atoms with van der Waals surface area (Å²) in [5.74, 6) is 0.217. The highest BCUT2D eigenvalue weighted by Crippen LogP contribution is 2.39. The van der Waals surface area contributed by atoms with Crippen molar-refractivity contribution in [3.8, 4) is 11.1 Å². The second-order valence-electron chi connectivity index (χ2n) is 4.80. The molecule has 0 aliphatic rings. The van der Waals surface area contributed by atoms with E-state index in [0.717, 1.165) is 23.2 Å². The van der Waals surface area contributed by atoms with Gasteiger partial charge in [-0.2, -0.15) is 9.72 Å². The molecule has 23 heavy (non-hydrogen) atoms. The molecule has 7 nitrogen and oxygen atoms in total. The summed E-state index contributed by atoms with van der Waals surface area (Å²) < 4.78 is 16.0. The van der Waals surface area contributed by atoms with E-state index in [1.54, 1.807) is 30.6 Å². The second-order valence-corrected chi connectivity index (χ2v) is 7.37. The number of fused-ring (bicyclic) bond motifs is 1. The van der Waals surface area contributed by atoms with Crippen LogP contribution in [0.4, 0.5) is 5.82 Å². The maximum atomic E-state index is 11.3. The van der Waals surface area contributed by atoms with Crippen LogP contribution in [0.3, 0.4) is 0 Å². The first-order valence-corrected chi connectivity index (χ1v) is 9.16. The van der Waals surface area contributed by atoms with Crippen molar-refractivity contribution >= 4 is 47.5 Å². The molecule has 2 aromatic heterocycles. The third kappa shape index (κ3) is 3.49. The Morgan fingerprint density at radius 2 is 2.17 bits per heavy atom. The largest absolute Gasteiger partial charge is 0.346 e. The molecule has 0 saturated heterocycles. The molecule has 1 unspecified atom stereocenters. The van der Waals surface area contributed by atoms with E-state index < -0.39 is 7.60 Å². The maximum absolute atomic E-state index is 11.3. The average Bonchev–Trinajstić information content (AvgIpc) is 3.02. The van der Waals surface area contributed by atoms with Crippen LogP contribution in [0.1, 0.15) is 0 Å². The average molecular weight is 373 g/mol. The molecule has 0 radical (unpaired) electrons. The zero-order valence-electron chi connectivity index (χ0n) is 11.7. The predicted molar refractivity (Wildman–Crippen MR) is 89.8 cm³/mol. The van der Waals surface area contributed by atoms with Crippen molar-refractivity contribution in [2.75, 3.05) is 12.1 Å². The number of nitrogens with one attached hydrogen (secondary N) is 2. The van der Waals surface area contributed by atoms with Gasteiger partial charge in [-0.3, -0.25) is 9.66 Å². The molecular formula is C13H11Cl2N4O3P. The molecule has 10 heteroatoms. The zero-order chi connectivity index (χ0) is 16.6. The molecule has 2 heterocycles. The monoisotopic (exact) mass is 372 g/mol. The van der Waals surface area contributed by atoms with E-state index >= 15 is 0 Å². The predicted octanol–water partition coefficient (Wildman–Crippen LogP) is 4.09. The van der Waals surface area contributed by atoms with Gasteiger partial charge in [-0.05, 0) is 17.7 Å². The Bertz CT molecular complexity index is 911. The molecule has 0 spiro atoms. The van der Waals surface area contributed by atoms with Gasteiger partial charge < -0.3 is 4.89 Å². The fourth-order valence-electron chi connectivity index (χ4n) is 2.05. The highest BCUT2D eigenvalue weighted by Gasteiger charge is 2.15. The summed E-state index contributed by atoms with van der Waals surface area (Å²) in [5, 5.41) is 8.04. The number of H-pyrrole nitrogens is 1. The smallest absolute Gasteiger partial charge is 0.323 e. The van der Waals surface area contributed by atoms with Crippen LogP contribution in [0.15, 0.2) is 30.6 Å². The lowest BCUT2D eigenvalue weighted by atomic mass is 10.0. The molecule has 0 aliphatic heterocycles. The van der Waals surface area contributed by atoms with Gasteiger partial charge in [0.2, 0.25) is 0 Å². The van der Waals surface area contributed by atoms with Crippen LogP contribution in [0.2, 0.25) is 10.0 Å². The number of halogens is 2. The standard InChI is InChI=1S/C13H11Cl2N4O3P/c1-23(20,21)22-19-11-4-9(7-5-16-17-6-7)8-2-3-10(14)12(15)13(8)18-11/h2-6H,1H3,(H,16,17)(H,18,19)(H,20,21). The van der Waals surface area contributed by atoms with Crippen LogP contribution >= 0.6 is 30.8 Å². The lowest BCUT2D eigenvalue weighted by Crippen LogP contribution is -2.01. The van der Waals surface area contributed by atoms with Gasteiger partial charge in [-0.15, -0.1) is 0 Å². The van der Waals surface area contributed by atoms with Gasteiger partial charge in [-0.25, -0.2) is 10.5 Å². The third-order valence-electron chi connectivity index (χ3n) is 3.00. The number of rotatable bonds is 4. The number of benzene rings is 1. The maximum Gasteiger partial charge on any atom is 0.346 e. The van der Waals surface area contributed by atoms with E-state index in [1.807, 2.05) is 0 Å². The number of anilines is 1. The molecule has 0 amide bonds. The van der Waals surface area contributed by atoms with Crippen molar-refractivity contribution < 1.29 is 14.1 Å². The molecule has 1 aromatic carbocycles. The lowest BCUT2D eigenvalue weighted by molar-refractivity contribution is 0.317. The fourth-order valence-corrected chi connectivity index (χ4v) is 2.68. The first kappa shape index (κ1) is 16.2. The van der Waals surface area contributed by atoms with Crippen molar-refractivity contribution in [3.63, 3.8) is 0 Å². The minimum absolute atomic E-state index is 0.217. The number of aromatic nitrogens is 3. The lowest BCUT2D eigenvalue weighted by Gasteiger charge is -2.12. The SMILES string of the molecule is CP(=O)(O)ONc1cc(-c2cn[nH]c2)c2ccc(Cl)c(Cl)c2n1. The topological polar surface area (TPSA) is 100 Å². The van der Waals surface area contributed by atoms with Crippen molar-refractivity contribution in [2.45, 2.75) is 0 Å². The minimum Gasteiger partial charge on any atom is -0.323 e. The molecule has 0 saturated carbocycles. The van der Waals surface area contributed by atoms with E-state index in [9.17, 15) is 9.46 Å². The van der Waals surface area contributed by atoms with Crippen LogP contribution in [-0.2, 0) is 9.19 Å². The number of aromatic amines is 1. The Labute approximate surface area is 141 Å². The normalized spacial score (nSPS) is 13.9. The van der Waals surface area contributed by atoms with Gasteiger partial charge in [0.15, 0.2) is 5.82 Å². The minimum atomic E-state index is -3.72. The zero-order valence-corrected chi connectivity index (χ0v) is 14.2. The summed E-state index contributed by atoms with van der Waals surface area (Å²) in [7, 11) is -3.72. The summed E-state index contributed by atoms with van der Waals surface area (Å²) in [6.45, 7) is 1.06. The van der Waals surface area contributed by atoms with Crippen LogP contribution < -0.4 is 5.48 Å². The van der Waals surface area contributed by atoms with Gasteiger partial charge in [0.05, 0.1) is 21.8 Å². The Morgan fingerprint density at radius 3 is 2.83 bits per heavy atom. The molecule has 3 N–H and O–H groups in total. The first-order chi connectivity index (χ1) is 10.8. The van der Waals surface area contributed by atoms with Gasteiger partial charge in [0.1, 0.15) is 0 Å². The number of pyridine rings is 1. The summed E-state index contributed by atoms with van der Waals surface area (Å²) in [5.41, 5.74) is 4.36. The summed E-state index contributed by atoms with van der Waals surface area (Å²) in [6, 6.07) is 5.13. The Kier molecular flexibility index (Phi) is 4.31. The summed E-state index contributed by atoms with van der Waals surface area (Å²) in [6.07, 6.45) is 3.34. The van der Waals surface area contributed by atoms with Crippen molar-refractivity contribution in [1.29, 1.82) is 0 Å². The van der Waals surface area contributed by atoms with E-state index in [0.29, 0.717) is 10.5 Å². The molecule has 120 valence electrons. The molecule has 0 bridgehead atoms. The van der Waals surface area contributed by atoms with Crippen LogP contribution in [0.25, 0.3) is 22.0 Å². The van der Waals surface area contributed by atoms with Gasteiger partial charge in [0, 0.05) is 23.8 Å². The van der Waals surface area contributed by atoms with Crippen LogP contribution in [0.5, 0.6) is 0 Å². The van der Waals surface area contributed by atoms with Gasteiger partial charge in [0.25, 0.3) is 0 Å². The van der Waals surface area contributed by atoms with Gasteiger partial charge in [-0.1, -0.05) is 29.3 Å². The highest BCUT2D eigenvalue weighted by atomic mass is 35.5. The Morgan fingerprint density at radius 1 is 1.39 bits per heavy atom. The van der Waals surface area contributed by atoms with Gasteiger partial charge >= 0.3 is 7.60 Å². The fraction of sp³-hybridized carbons (Fsp3) is 0.0769. The van der Waals surface area contributed by atoms with E-state index in [2.05, 4.69) is 20.7 Å². The van der Waals surface area contributed by atoms with E-state index in [4.69, 9.17) is 27.8 Å². The number of hydrogen-bond donors (Lipinski definition) is 3. The summed E-state index contributed by atoms with van der Waals surface area (Å²) >= 11 is 12.3. The first-order valence-electron chi connectivity index (χ1n) is 6.38. The molecule has 0 aliphatic carbocycles.